The summed E-state index contributed by atoms with van der Waals surface area (Å²) in [5.74, 6) is -0.988. The maximum absolute atomic E-state index is 11.2. The van der Waals surface area contributed by atoms with Crippen molar-refractivity contribution in [3.63, 3.8) is 0 Å². The second-order valence-corrected chi connectivity index (χ2v) is 6.05. The van der Waals surface area contributed by atoms with E-state index < -0.39 is 19.6 Å². The molecule has 1 fully saturated rings. The third kappa shape index (κ3) is 2.62. The molecule has 0 saturated heterocycles. The Morgan fingerprint density at radius 1 is 1.39 bits per heavy atom. The van der Waals surface area contributed by atoms with E-state index >= 15 is 0 Å². The van der Waals surface area contributed by atoms with Crippen molar-refractivity contribution < 1.29 is 24.3 Å². The molecular weight excluding hydrogens is 257 g/mol. The van der Waals surface area contributed by atoms with Gasteiger partial charge in [0.15, 0.2) is 0 Å². The van der Waals surface area contributed by atoms with Gasteiger partial charge in [-0.1, -0.05) is 6.07 Å². The van der Waals surface area contributed by atoms with Crippen LogP contribution in [0.4, 0.5) is 0 Å². The zero-order valence-electron chi connectivity index (χ0n) is 9.48. The first kappa shape index (κ1) is 13.2. The topological polar surface area (TPSA) is 121 Å². The summed E-state index contributed by atoms with van der Waals surface area (Å²) in [7, 11) is -4.32. The van der Waals surface area contributed by atoms with Crippen LogP contribution in [0.15, 0.2) is 18.2 Å². The minimum absolute atomic E-state index is 0.0919. The molecule has 1 unspecified atom stereocenters. The predicted octanol–water partition coefficient (Wildman–Crippen LogP) is 0.451. The molecule has 1 aromatic rings. The van der Waals surface area contributed by atoms with Crippen molar-refractivity contribution in [1.29, 1.82) is 0 Å². The molecule has 7 heteroatoms. The molecule has 1 saturated carbocycles. The van der Waals surface area contributed by atoms with Gasteiger partial charge in [0.1, 0.15) is 6.04 Å². The summed E-state index contributed by atoms with van der Waals surface area (Å²) in [6, 6.07) is 2.87. The second-order valence-electron chi connectivity index (χ2n) is 4.45. The van der Waals surface area contributed by atoms with Crippen LogP contribution in [0, 0.1) is 0 Å². The summed E-state index contributed by atoms with van der Waals surface area (Å²) >= 11 is 0. The van der Waals surface area contributed by atoms with Crippen molar-refractivity contribution >= 4 is 18.9 Å². The number of carboxylic acid groups (broad SMARTS) is 1. The fourth-order valence-electron chi connectivity index (χ4n) is 1.91. The Bertz CT molecular complexity index is 534. The van der Waals surface area contributed by atoms with E-state index in [1.807, 2.05) is 0 Å². The maximum Gasteiger partial charge on any atom is 0.356 e. The van der Waals surface area contributed by atoms with E-state index in [-0.39, 0.29) is 11.2 Å². The van der Waals surface area contributed by atoms with Crippen LogP contribution in [0.25, 0.3) is 0 Å². The lowest BCUT2D eigenvalue weighted by atomic mass is 9.98. The van der Waals surface area contributed by atoms with Gasteiger partial charge in [0.25, 0.3) is 0 Å². The summed E-state index contributed by atoms with van der Waals surface area (Å²) in [5, 5.41) is 8.82. The van der Waals surface area contributed by atoms with Crippen molar-refractivity contribution in [3.8, 4) is 0 Å². The Kier molecular flexibility index (Phi) is 3.29. The predicted molar refractivity (Wildman–Crippen MR) is 64.7 cm³/mol. The summed E-state index contributed by atoms with van der Waals surface area (Å²) in [6.07, 6.45) is 1.79. The fourth-order valence-corrected chi connectivity index (χ4v) is 2.48. The minimum Gasteiger partial charge on any atom is -0.480 e. The monoisotopic (exact) mass is 271 g/mol. The van der Waals surface area contributed by atoms with Gasteiger partial charge < -0.3 is 20.6 Å². The van der Waals surface area contributed by atoms with E-state index in [4.69, 9.17) is 20.6 Å². The van der Waals surface area contributed by atoms with Gasteiger partial charge in [-0.15, -0.1) is 0 Å². The van der Waals surface area contributed by atoms with Gasteiger partial charge in [0.2, 0.25) is 0 Å². The van der Waals surface area contributed by atoms with Gasteiger partial charge in [-0.2, -0.15) is 0 Å². The average Bonchev–Trinajstić information content (AvgIpc) is 3.09. The van der Waals surface area contributed by atoms with Gasteiger partial charge in [-0.3, -0.25) is 9.36 Å². The first-order valence-electron chi connectivity index (χ1n) is 5.49. The lowest BCUT2D eigenvalue weighted by Crippen LogP contribution is -2.23. The van der Waals surface area contributed by atoms with Crippen molar-refractivity contribution in [1.82, 2.24) is 0 Å². The van der Waals surface area contributed by atoms with E-state index in [9.17, 15) is 9.36 Å². The molecule has 1 atom stereocenters. The molecule has 0 spiro atoms. The highest BCUT2D eigenvalue weighted by atomic mass is 31.2. The first-order chi connectivity index (χ1) is 8.30. The van der Waals surface area contributed by atoms with Crippen LogP contribution in [-0.4, -0.2) is 20.9 Å². The number of hydrogen-bond donors (Lipinski definition) is 4. The molecule has 0 aromatic heterocycles. The molecule has 1 aliphatic carbocycles. The van der Waals surface area contributed by atoms with Gasteiger partial charge in [-0.25, -0.2) is 0 Å². The van der Waals surface area contributed by atoms with Crippen LogP contribution in [0.1, 0.15) is 35.9 Å². The molecule has 1 aromatic carbocycles. The van der Waals surface area contributed by atoms with Gasteiger partial charge in [0, 0.05) is 0 Å². The van der Waals surface area contributed by atoms with Gasteiger partial charge >= 0.3 is 13.6 Å². The molecular formula is C11H14NO5P. The molecule has 18 heavy (non-hydrogen) atoms. The molecule has 0 heterocycles. The Morgan fingerprint density at radius 3 is 2.44 bits per heavy atom. The molecule has 2 rings (SSSR count). The highest BCUT2D eigenvalue weighted by Crippen LogP contribution is 2.44. The van der Waals surface area contributed by atoms with E-state index in [1.165, 1.54) is 18.2 Å². The fraction of sp³-hybridized carbons (Fsp3) is 0.364. The number of aliphatic carboxylic acids is 1. The number of carbonyl (C=O) groups is 1. The van der Waals surface area contributed by atoms with Crippen LogP contribution in [-0.2, 0) is 9.36 Å². The first-order valence-corrected chi connectivity index (χ1v) is 7.10. The van der Waals surface area contributed by atoms with E-state index in [2.05, 4.69) is 0 Å². The van der Waals surface area contributed by atoms with Gasteiger partial charge in [0.05, 0.1) is 5.30 Å². The smallest absolute Gasteiger partial charge is 0.356 e. The molecule has 0 radical (unpaired) electrons. The van der Waals surface area contributed by atoms with Crippen LogP contribution < -0.4 is 11.0 Å². The summed E-state index contributed by atoms with van der Waals surface area (Å²) in [5.41, 5.74) is 6.65. The van der Waals surface area contributed by atoms with Crippen LogP contribution >= 0.6 is 7.60 Å². The van der Waals surface area contributed by atoms with Crippen molar-refractivity contribution in [3.05, 3.63) is 29.3 Å². The molecule has 6 nitrogen and oxygen atoms in total. The molecule has 0 aliphatic heterocycles. The van der Waals surface area contributed by atoms with E-state index in [1.54, 1.807) is 0 Å². The standard InChI is InChI=1S/C11H14NO5P/c12-10(11(13)14)8-4-3-7(18(15,16)17)5-9(8)6-1-2-6/h3-6,10H,1-2,12H2,(H,13,14)(H2,15,16,17). The molecule has 98 valence electrons. The lowest BCUT2D eigenvalue weighted by Gasteiger charge is -2.15. The van der Waals surface area contributed by atoms with Crippen molar-refractivity contribution in [2.45, 2.75) is 24.8 Å². The number of rotatable bonds is 4. The number of nitrogens with two attached hydrogens (primary N) is 1. The normalized spacial score (nSPS) is 17.5. The highest BCUT2D eigenvalue weighted by Gasteiger charge is 2.31. The quantitative estimate of drug-likeness (QED) is 0.590. The third-order valence-corrected chi connectivity index (χ3v) is 3.98. The molecule has 0 amide bonds. The Labute approximate surface area is 104 Å². The Morgan fingerprint density at radius 2 is 2.00 bits per heavy atom. The zero-order chi connectivity index (χ0) is 13.5. The summed E-state index contributed by atoms with van der Waals surface area (Å²) in [4.78, 5) is 29.1. The summed E-state index contributed by atoms with van der Waals surface area (Å²) in [6.45, 7) is 0. The minimum atomic E-state index is -4.32. The van der Waals surface area contributed by atoms with E-state index in [0.29, 0.717) is 11.1 Å². The van der Waals surface area contributed by atoms with Crippen LogP contribution in [0.5, 0.6) is 0 Å². The molecule has 1 aliphatic rings. The average molecular weight is 271 g/mol. The largest absolute Gasteiger partial charge is 0.480 e. The Hall–Kier alpha value is -1.20. The van der Waals surface area contributed by atoms with Crippen LogP contribution in [0.3, 0.4) is 0 Å². The highest BCUT2D eigenvalue weighted by molar-refractivity contribution is 7.60. The van der Waals surface area contributed by atoms with Crippen LogP contribution in [0.2, 0.25) is 0 Å². The Balaban J connectivity index is 2.48. The number of benzene rings is 1. The zero-order valence-corrected chi connectivity index (χ0v) is 10.4. The third-order valence-electron chi connectivity index (χ3n) is 3.03. The van der Waals surface area contributed by atoms with Gasteiger partial charge in [-0.05, 0) is 42.0 Å². The second kappa shape index (κ2) is 4.48. The van der Waals surface area contributed by atoms with Crippen molar-refractivity contribution in [2.75, 3.05) is 0 Å². The van der Waals surface area contributed by atoms with E-state index in [0.717, 1.165) is 12.8 Å². The lowest BCUT2D eigenvalue weighted by molar-refractivity contribution is -0.138. The maximum atomic E-state index is 11.2. The molecule has 0 bridgehead atoms. The number of carboxylic acids is 1. The number of hydrogen-bond acceptors (Lipinski definition) is 3. The van der Waals surface area contributed by atoms with Crippen molar-refractivity contribution in [2.24, 2.45) is 5.73 Å². The summed E-state index contributed by atoms with van der Waals surface area (Å²) < 4.78 is 11.2. The SMILES string of the molecule is NC(C(=O)O)c1ccc(P(=O)(O)O)cc1C1CC1. The molecule has 5 N–H and O–H groups in total.